The van der Waals surface area contributed by atoms with Crippen LogP contribution in [0.4, 0.5) is 5.69 Å². The zero-order valence-corrected chi connectivity index (χ0v) is 14.8. The first kappa shape index (κ1) is 17.3. The Labute approximate surface area is 152 Å². The third-order valence-corrected chi connectivity index (χ3v) is 4.40. The zero-order chi connectivity index (χ0) is 17.6. The minimum absolute atomic E-state index is 0.306. The normalized spacial score (nSPS) is 10.6. The first-order chi connectivity index (χ1) is 12.2. The van der Waals surface area contributed by atoms with Crippen LogP contribution in [0.3, 0.4) is 0 Å². The molecule has 0 aliphatic carbocycles. The first-order valence-corrected chi connectivity index (χ1v) is 8.49. The lowest BCUT2D eigenvalue weighted by molar-refractivity contribution is 0.102. The Morgan fingerprint density at radius 1 is 1.36 bits per heavy atom. The highest BCUT2D eigenvalue weighted by Crippen LogP contribution is 2.33. The number of ether oxygens (including phenoxy) is 2. The Morgan fingerprint density at radius 3 is 3.00 bits per heavy atom. The van der Waals surface area contributed by atoms with Crippen molar-refractivity contribution in [3.8, 4) is 11.4 Å². The first-order valence-electron chi connectivity index (χ1n) is 7.23. The van der Waals surface area contributed by atoms with E-state index in [1.807, 2.05) is 0 Å². The van der Waals surface area contributed by atoms with Gasteiger partial charge in [-0.3, -0.25) is 4.79 Å². The minimum Gasteiger partial charge on any atom is -0.487 e. The second-order valence-corrected chi connectivity index (χ2v) is 6.12. The summed E-state index contributed by atoms with van der Waals surface area (Å²) in [5.74, 6) is 0.0921. The fraction of sp³-hybridized carbons (Fsp3) is 0.200. The maximum absolute atomic E-state index is 12.7. The highest BCUT2D eigenvalue weighted by atomic mass is 35.5. The minimum atomic E-state index is -0.306. The molecule has 0 atom stereocenters. The van der Waals surface area contributed by atoms with E-state index in [9.17, 15) is 4.79 Å². The molecule has 0 saturated heterocycles. The number of methoxy groups -OCH3 is 1. The van der Waals surface area contributed by atoms with Gasteiger partial charge in [0.05, 0.1) is 23.0 Å². The largest absolute Gasteiger partial charge is 0.487 e. The summed E-state index contributed by atoms with van der Waals surface area (Å²) in [4.78, 5) is 13.1. The molecule has 1 amide bonds. The quantitative estimate of drug-likeness (QED) is 0.634. The summed E-state index contributed by atoms with van der Waals surface area (Å²) in [5, 5.41) is 16.0. The molecule has 2 heterocycles. The van der Waals surface area contributed by atoms with Crippen molar-refractivity contribution >= 4 is 34.5 Å². The van der Waals surface area contributed by atoms with Gasteiger partial charge in [-0.1, -0.05) is 17.7 Å². The van der Waals surface area contributed by atoms with Crippen LogP contribution in [0.15, 0.2) is 36.0 Å². The molecule has 1 aromatic carbocycles. The predicted octanol–water partition coefficient (Wildman–Crippen LogP) is 2.65. The molecule has 3 aromatic rings. The molecule has 0 aliphatic rings. The van der Waals surface area contributed by atoms with E-state index in [1.54, 1.807) is 36.8 Å². The summed E-state index contributed by atoms with van der Waals surface area (Å²) in [7, 11) is 1.58. The molecule has 2 aromatic heterocycles. The molecule has 0 radical (unpaired) electrons. The maximum Gasteiger partial charge on any atom is 0.268 e. The van der Waals surface area contributed by atoms with Gasteiger partial charge in [-0.15, -0.1) is 16.4 Å². The van der Waals surface area contributed by atoms with Gasteiger partial charge in [-0.05, 0) is 34.0 Å². The number of rotatable bonds is 7. The lowest BCUT2D eigenvalue weighted by Crippen LogP contribution is -2.15. The third kappa shape index (κ3) is 3.95. The van der Waals surface area contributed by atoms with Crippen LogP contribution in [0.1, 0.15) is 9.67 Å². The molecule has 0 bridgehead atoms. The smallest absolute Gasteiger partial charge is 0.268 e. The molecular formula is C15H14ClN5O3S. The number of benzene rings is 1. The Bertz CT molecular complexity index is 853. The number of aromatic nitrogens is 4. The Kier molecular flexibility index (Phi) is 5.59. The van der Waals surface area contributed by atoms with Gasteiger partial charge in [0.2, 0.25) is 0 Å². The second-order valence-electron chi connectivity index (χ2n) is 4.80. The van der Waals surface area contributed by atoms with Crippen molar-refractivity contribution in [2.45, 2.75) is 0 Å². The van der Waals surface area contributed by atoms with E-state index in [0.29, 0.717) is 40.2 Å². The van der Waals surface area contributed by atoms with Crippen LogP contribution >= 0.6 is 22.9 Å². The van der Waals surface area contributed by atoms with Gasteiger partial charge in [-0.2, -0.15) is 4.68 Å². The molecule has 0 aliphatic heterocycles. The number of hydrogen-bond donors (Lipinski definition) is 1. The number of nitrogens with zero attached hydrogens (tertiary/aromatic N) is 4. The molecule has 0 saturated carbocycles. The number of anilines is 1. The van der Waals surface area contributed by atoms with E-state index in [4.69, 9.17) is 21.1 Å². The van der Waals surface area contributed by atoms with Gasteiger partial charge in [-0.25, -0.2) is 0 Å². The van der Waals surface area contributed by atoms with Crippen LogP contribution in [0, 0.1) is 0 Å². The molecule has 0 unspecified atom stereocenters. The summed E-state index contributed by atoms with van der Waals surface area (Å²) >= 11 is 7.47. The number of nitrogens with one attached hydrogen (secondary N) is 1. The van der Waals surface area contributed by atoms with Crippen molar-refractivity contribution in [3.63, 3.8) is 0 Å². The van der Waals surface area contributed by atoms with E-state index in [0.717, 1.165) is 0 Å². The number of carbonyl (C=O) groups excluding carboxylic acids is 1. The lowest BCUT2D eigenvalue weighted by atomic mass is 10.2. The van der Waals surface area contributed by atoms with Crippen LogP contribution in [0.25, 0.3) is 5.69 Å². The van der Waals surface area contributed by atoms with Gasteiger partial charge in [0.25, 0.3) is 5.91 Å². The number of hydrogen-bond acceptors (Lipinski definition) is 7. The average Bonchev–Trinajstić information content (AvgIpc) is 3.28. The molecule has 10 heteroatoms. The lowest BCUT2D eigenvalue weighted by Gasteiger charge is -2.13. The highest BCUT2D eigenvalue weighted by Gasteiger charge is 2.18. The fourth-order valence-corrected chi connectivity index (χ4v) is 3.09. The number of amides is 1. The van der Waals surface area contributed by atoms with Crippen LogP contribution in [0.5, 0.6) is 5.75 Å². The Hall–Kier alpha value is -2.49. The molecule has 3 rings (SSSR count). The summed E-state index contributed by atoms with van der Waals surface area (Å²) in [6, 6.07) is 6.91. The molecule has 0 spiro atoms. The topological polar surface area (TPSA) is 91.2 Å². The summed E-state index contributed by atoms with van der Waals surface area (Å²) < 4.78 is 12.0. The van der Waals surface area contributed by atoms with Crippen LogP contribution in [-0.4, -0.2) is 46.4 Å². The summed E-state index contributed by atoms with van der Waals surface area (Å²) in [6.45, 7) is 0.727. The summed E-state index contributed by atoms with van der Waals surface area (Å²) in [6.07, 6.45) is 1.43. The van der Waals surface area contributed by atoms with E-state index in [1.165, 1.54) is 22.3 Å². The molecule has 0 fully saturated rings. The van der Waals surface area contributed by atoms with Crippen LogP contribution < -0.4 is 10.1 Å². The van der Waals surface area contributed by atoms with E-state index < -0.39 is 0 Å². The van der Waals surface area contributed by atoms with Crippen molar-refractivity contribution < 1.29 is 14.3 Å². The predicted molar refractivity (Wildman–Crippen MR) is 93.8 cm³/mol. The molecule has 1 N–H and O–H groups in total. The van der Waals surface area contributed by atoms with Crippen LogP contribution in [-0.2, 0) is 4.74 Å². The highest BCUT2D eigenvalue weighted by molar-refractivity contribution is 7.12. The monoisotopic (exact) mass is 379 g/mol. The zero-order valence-electron chi connectivity index (χ0n) is 13.2. The number of carbonyl (C=O) groups is 1. The maximum atomic E-state index is 12.7. The second kappa shape index (κ2) is 8.06. The number of tetrazole rings is 1. The molecule has 8 nitrogen and oxygen atoms in total. The standard InChI is InChI=1S/C15H14ClN5O3S/c1-23-6-7-24-13-10(16)3-2-4-11(13)18-15(22)14-12(5-8-25-14)21-9-17-19-20-21/h2-5,8-9H,6-7H2,1H3,(H,18,22). The number of halogens is 1. The third-order valence-electron chi connectivity index (χ3n) is 3.20. The van der Waals surface area contributed by atoms with Gasteiger partial charge < -0.3 is 14.8 Å². The van der Waals surface area contributed by atoms with Crippen molar-refractivity contribution in [2.24, 2.45) is 0 Å². The molecular weight excluding hydrogens is 366 g/mol. The Morgan fingerprint density at radius 2 is 2.24 bits per heavy atom. The van der Waals surface area contributed by atoms with Crippen molar-refractivity contribution in [3.05, 3.63) is 45.9 Å². The van der Waals surface area contributed by atoms with Crippen molar-refractivity contribution in [2.75, 3.05) is 25.6 Å². The number of para-hydroxylation sites is 1. The SMILES string of the molecule is COCCOc1c(Cl)cccc1NC(=O)c1sccc1-n1cnnn1. The fourth-order valence-electron chi connectivity index (χ4n) is 2.08. The van der Waals surface area contributed by atoms with Gasteiger partial charge in [0.15, 0.2) is 5.75 Å². The average molecular weight is 380 g/mol. The van der Waals surface area contributed by atoms with Crippen LogP contribution in [0.2, 0.25) is 5.02 Å². The van der Waals surface area contributed by atoms with Gasteiger partial charge >= 0.3 is 0 Å². The Balaban J connectivity index is 1.82. The van der Waals surface area contributed by atoms with E-state index in [2.05, 4.69) is 20.8 Å². The van der Waals surface area contributed by atoms with E-state index in [-0.39, 0.29) is 5.91 Å². The molecule has 25 heavy (non-hydrogen) atoms. The number of thiophene rings is 1. The van der Waals surface area contributed by atoms with Gasteiger partial charge in [0.1, 0.15) is 17.8 Å². The van der Waals surface area contributed by atoms with Crippen molar-refractivity contribution in [1.82, 2.24) is 20.2 Å². The molecule has 130 valence electrons. The van der Waals surface area contributed by atoms with Gasteiger partial charge in [0, 0.05) is 7.11 Å². The van der Waals surface area contributed by atoms with E-state index >= 15 is 0 Å². The summed E-state index contributed by atoms with van der Waals surface area (Å²) in [5.41, 5.74) is 1.07. The van der Waals surface area contributed by atoms with Crippen molar-refractivity contribution in [1.29, 1.82) is 0 Å².